The number of carbonyl (C=O) groups excluding carboxylic acids is 2. The van der Waals surface area contributed by atoms with E-state index in [1.165, 1.54) is 4.90 Å². The number of benzene rings is 3. The van der Waals surface area contributed by atoms with E-state index in [9.17, 15) is 18.0 Å². The highest BCUT2D eigenvalue weighted by Gasteiger charge is 2.32. The largest absolute Gasteiger partial charge is 0.355 e. The Hall–Kier alpha value is -3.65. The van der Waals surface area contributed by atoms with E-state index in [0.29, 0.717) is 18.7 Å². The standard InChI is InChI=1S/C30H37N3O4S/c1-6-31-30(35)28(19-25-10-8-7-9-11-25)32(20-26-15-12-22(2)13-16-26)29(34)21-33(38(5,36)37)27-17-14-23(3)24(4)18-27/h7-18,28H,6,19-21H2,1-5H3,(H,31,35)/t28-/m1/s1. The van der Waals surface area contributed by atoms with Gasteiger partial charge in [0, 0.05) is 19.5 Å². The Labute approximate surface area is 226 Å². The number of rotatable bonds is 11. The number of hydrogen-bond acceptors (Lipinski definition) is 4. The van der Waals surface area contributed by atoms with Crippen molar-refractivity contribution in [3.63, 3.8) is 0 Å². The fourth-order valence-corrected chi connectivity index (χ4v) is 5.07. The second-order valence-corrected chi connectivity index (χ2v) is 11.6. The summed E-state index contributed by atoms with van der Waals surface area (Å²) in [6, 6.07) is 21.7. The molecule has 1 atom stereocenters. The number of likely N-dealkylation sites (N-methyl/N-ethyl adjacent to an activating group) is 1. The van der Waals surface area contributed by atoms with Gasteiger partial charge in [0.15, 0.2) is 0 Å². The van der Waals surface area contributed by atoms with Crippen LogP contribution < -0.4 is 9.62 Å². The van der Waals surface area contributed by atoms with Crippen LogP contribution in [0.1, 0.15) is 34.7 Å². The Morgan fingerprint density at radius 2 is 1.53 bits per heavy atom. The SMILES string of the molecule is CCNC(=O)[C@@H](Cc1ccccc1)N(Cc1ccc(C)cc1)C(=O)CN(c1ccc(C)c(C)c1)S(C)(=O)=O. The molecule has 0 aliphatic carbocycles. The van der Waals surface area contributed by atoms with Gasteiger partial charge in [-0.25, -0.2) is 8.42 Å². The summed E-state index contributed by atoms with van der Waals surface area (Å²) in [5, 5.41) is 2.86. The third-order valence-electron chi connectivity index (χ3n) is 6.55. The highest BCUT2D eigenvalue weighted by molar-refractivity contribution is 7.92. The first-order valence-electron chi connectivity index (χ1n) is 12.7. The van der Waals surface area contributed by atoms with Crippen LogP contribution >= 0.6 is 0 Å². The Morgan fingerprint density at radius 1 is 0.868 bits per heavy atom. The molecular formula is C30H37N3O4S. The Morgan fingerprint density at radius 3 is 2.11 bits per heavy atom. The van der Waals surface area contributed by atoms with E-state index in [2.05, 4.69) is 5.32 Å². The van der Waals surface area contributed by atoms with Crippen LogP contribution in [-0.2, 0) is 32.6 Å². The quantitative estimate of drug-likeness (QED) is 0.400. The average molecular weight is 536 g/mol. The van der Waals surface area contributed by atoms with Crippen LogP contribution in [0.15, 0.2) is 72.8 Å². The van der Waals surface area contributed by atoms with Crippen molar-refractivity contribution in [1.29, 1.82) is 0 Å². The van der Waals surface area contributed by atoms with Gasteiger partial charge in [-0.1, -0.05) is 66.2 Å². The van der Waals surface area contributed by atoms with Gasteiger partial charge in [0.1, 0.15) is 12.6 Å². The van der Waals surface area contributed by atoms with Crippen molar-refractivity contribution in [2.24, 2.45) is 0 Å². The number of nitrogens with one attached hydrogen (secondary N) is 1. The molecule has 0 radical (unpaired) electrons. The zero-order chi connectivity index (χ0) is 27.9. The maximum absolute atomic E-state index is 14.0. The first-order valence-corrected chi connectivity index (χ1v) is 14.6. The molecule has 7 nitrogen and oxygen atoms in total. The minimum Gasteiger partial charge on any atom is -0.355 e. The van der Waals surface area contributed by atoms with E-state index in [4.69, 9.17) is 0 Å². The molecule has 0 unspecified atom stereocenters. The number of nitrogens with zero attached hydrogens (tertiary/aromatic N) is 2. The topological polar surface area (TPSA) is 86.8 Å². The van der Waals surface area contributed by atoms with Crippen LogP contribution in [0.25, 0.3) is 0 Å². The summed E-state index contributed by atoms with van der Waals surface area (Å²) in [5.41, 5.74) is 5.19. The van der Waals surface area contributed by atoms with E-state index >= 15 is 0 Å². The van der Waals surface area contributed by atoms with Crippen molar-refractivity contribution >= 4 is 27.5 Å². The summed E-state index contributed by atoms with van der Waals surface area (Å²) in [4.78, 5) is 28.8. The lowest BCUT2D eigenvalue weighted by Crippen LogP contribution is -2.53. The number of sulfonamides is 1. The van der Waals surface area contributed by atoms with Gasteiger partial charge in [0.25, 0.3) is 0 Å². The van der Waals surface area contributed by atoms with Crippen molar-refractivity contribution in [3.8, 4) is 0 Å². The maximum atomic E-state index is 14.0. The molecule has 0 aromatic heterocycles. The summed E-state index contributed by atoms with van der Waals surface area (Å²) in [5.74, 6) is -0.740. The molecular weight excluding hydrogens is 498 g/mol. The number of carbonyl (C=O) groups is 2. The van der Waals surface area contributed by atoms with Gasteiger partial charge in [0.2, 0.25) is 21.8 Å². The van der Waals surface area contributed by atoms with Gasteiger partial charge in [0.05, 0.1) is 11.9 Å². The molecule has 3 aromatic carbocycles. The highest BCUT2D eigenvalue weighted by Crippen LogP contribution is 2.23. The molecule has 0 heterocycles. The van der Waals surface area contributed by atoms with Crippen molar-refractivity contribution in [1.82, 2.24) is 10.2 Å². The molecule has 3 aromatic rings. The van der Waals surface area contributed by atoms with Crippen molar-refractivity contribution in [2.75, 3.05) is 23.7 Å². The molecule has 0 fully saturated rings. The summed E-state index contributed by atoms with van der Waals surface area (Å²) in [7, 11) is -3.78. The van der Waals surface area contributed by atoms with E-state index < -0.39 is 28.5 Å². The molecule has 2 amide bonds. The molecule has 0 spiro atoms. The zero-order valence-corrected chi connectivity index (χ0v) is 23.6. The van der Waals surface area contributed by atoms with Gasteiger partial charge in [-0.05, 0) is 62.1 Å². The molecule has 0 bridgehead atoms. The fourth-order valence-electron chi connectivity index (χ4n) is 4.23. The van der Waals surface area contributed by atoms with Crippen molar-refractivity contribution in [3.05, 3.63) is 101 Å². The summed E-state index contributed by atoms with van der Waals surface area (Å²) >= 11 is 0. The van der Waals surface area contributed by atoms with Gasteiger partial charge in [-0.2, -0.15) is 0 Å². The maximum Gasteiger partial charge on any atom is 0.244 e. The predicted octanol–water partition coefficient (Wildman–Crippen LogP) is 4.15. The highest BCUT2D eigenvalue weighted by atomic mass is 32.2. The third-order valence-corrected chi connectivity index (χ3v) is 7.69. The predicted molar refractivity (Wildman–Crippen MR) is 152 cm³/mol. The first kappa shape index (κ1) is 28.9. The average Bonchev–Trinajstić information content (AvgIpc) is 2.87. The molecule has 0 saturated carbocycles. The van der Waals surface area contributed by atoms with Crippen LogP contribution in [-0.4, -0.2) is 50.5 Å². The van der Waals surface area contributed by atoms with E-state index in [-0.39, 0.29) is 12.5 Å². The van der Waals surface area contributed by atoms with Gasteiger partial charge in [-0.15, -0.1) is 0 Å². The van der Waals surface area contributed by atoms with Gasteiger partial charge in [-0.3, -0.25) is 13.9 Å². The normalized spacial score (nSPS) is 12.0. The van der Waals surface area contributed by atoms with Crippen molar-refractivity contribution < 1.29 is 18.0 Å². The molecule has 0 aliphatic rings. The number of anilines is 1. The number of hydrogen-bond donors (Lipinski definition) is 1. The van der Waals surface area contributed by atoms with Gasteiger partial charge >= 0.3 is 0 Å². The second-order valence-electron chi connectivity index (χ2n) is 9.65. The number of aryl methyl sites for hydroxylation is 3. The zero-order valence-electron chi connectivity index (χ0n) is 22.8. The lowest BCUT2D eigenvalue weighted by Gasteiger charge is -2.33. The van der Waals surface area contributed by atoms with Crippen LogP contribution in [0, 0.1) is 20.8 Å². The minimum absolute atomic E-state index is 0.165. The third kappa shape index (κ3) is 7.68. The van der Waals surface area contributed by atoms with E-state index in [1.807, 2.05) is 88.4 Å². The molecule has 38 heavy (non-hydrogen) atoms. The second kappa shape index (κ2) is 12.7. The molecule has 3 rings (SSSR count). The smallest absolute Gasteiger partial charge is 0.244 e. The lowest BCUT2D eigenvalue weighted by molar-refractivity contribution is -0.140. The van der Waals surface area contributed by atoms with Crippen molar-refractivity contribution in [2.45, 2.75) is 46.7 Å². The van der Waals surface area contributed by atoms with E-state index in [0.717, 1.165) is 38.4 Å². The van der Waals surface area contributed by atoms with Crippen LogP contribution in [0.4, 0.5) is 5.69 Å². The number of amides is 2. The lowest BCUT2D eigenvalue weighted by atomic mass is 10.0. The Bertz CT molecular complexity index is 1360. The minimum atomic E-state index is -3.78. The molecule has 0 saturated heterocycles. The molecule has 202 valence electrons. The summed E-state index contributed by atoms with van der Waals surface area (Å²) in [6.45, 7) is 7.81. The summed E-state index contributed by atoms with van der Waals surface area (Å²) in [6.07, 6.45) is 1.39. The molecule has 1 N–H and O–H groups in total. The van der Waals surface area contributed by atoms with Crippen LogP contribution in [0.2, 0.25) is 0 Å². The Balaban J connectivity index is 2.04. The van der Waals surface area contributed by atoms with Crippen LogP contribution in [0.3, 0.4) is 0 Å². The molecule has 8 heteroatoms. The summed E-state index contributed by atoms with van der Waals surface area (Å²) < 4.78 is 26.8. The Kier molecular flexibility index (Phi) is 9.69. The van der Waals surface area contributed by atoms with Crippen LogP contribution in [0.5, 0.6) is 0 Å². The first-order chi connectivity index (χ1) is 18.0. The van der Waals surface area contributed by atoms with Gasteiger partial charge < -0.3 is 10.2 Å². The van der Waals surface area contributed by atoms with E-state index in [1.54, 1.807) is 12.1 Å². The fraction of sp³-hybridized carbons (Fsp3) is 0.333. The molecule has 0 aliphatic heterocycles. The monoisotopic (exact) mass is 535 g/mol.